The van der Waals surface area contributed by atoms with Gasteiger partial charge in [-0.3, -0.25) is 4.79 Å². The SMILES string of the molecule is C=CC(=O)N1CCC[C@H]1CNC(=O)OC(C)(C)C. The third-order valence-corrected chi connectivity index (χ3v) is 2.72. The molecule has 0 aromatic rings. The van der Waals surface area contributed by atoms with Crippen molar-refractivity contribution in [2.45, 2.75) is 45.3 Å². The van der Waals surface area contributed by atoms with Crippen molar-refractivity contribution in [3.63, 3.8) is 0 Å². The molecule has 5 heteroatoms. The van der Waals surface area contributed by atoms with Crippen molar-refractivity contribution in [3.05, 3.63) is 12.7 Å². The normalized spacial score (nSPS) is 19.5. The van der Waals surface area contributed by atoms with E-state index in [1.54, 1.807) is 4.90 Å². The summed E-state index contributed by atoms with van der Waals surface area (Å²) in [5.74, 6) is -0.0801. The van der Waals surface area contributed by atoms with Crippen LogP contribution in [-0.4, -0.2) is 41.6 Å². The first kappa shape index (κ1) is 14.5. The monoisotopic (exact) mass is 254 g/mol. The summed E-state index contributed by atoms with van der Waals surface area (Å²) < 4.78 is 5.15. The van der Waals surface area contributed by atoms with Crippen molar-refractivity contribution in [2.24, 2.45) is 0 Å². The molecular weight excluding hydrogens is 232 g/mol. The Labute approximate surface area is 108 Å². The van der Waals surface area contributed by atoms with Gasteiger partial charge in [0.25, 0.3) is 0 Å². The average Bonchev–Trinajstić information content (AvgIpc) is 2.71. The van der Waals surface area contributed by atoms with Gasteiger partial charge in [0.15, 0.2) is 0 Å². The molecule has 5 nitrogen and oxygen atoms in total. The molecule has 1 atom stereocenters. The number of carbonyl (C=O) groups is 2. The van der Waals surface area contributed by atoms with E-state index in [1.807, 2.05) is 20.8 Å². The fourth-order valence-electron chi connectivity index (χ4n) is 1.97. The van der Waals surface area contributed by atoms with E-state index in [0.29, 0.717) is 6.54 Å². The van der Waals surface area contributed by atoms with E-state index < -0.39 is 11.7 Å². The Morgan fingerprint density at radius 3 is 2.72 bits per heavy atom. The van der Waals surface area contributed by atoms with E-state index in [-0.39, 0.29) is 11.9 Å². The van der Waals surface area contributed by atoms with Crippen LogP contribution in [0, 0.1) is 0 Å². The van der Waals surface area contributed by atoms with Crippen LogP contribution in [0.25, 0.3) is 0 Å². The number of nitrogens with one attached hydrogen (secondary N) is 1. The van der Waals surface area contributed by atoms with Crippen molar-refractivity contribution in [1.82, 2.24) is 10.2 Å². The molecule has 0 radical (unpaired) electrons. The zero-order valence-electron chi connectivity index (χ0n) is 11.4. The number of carbonyl (C=O) groups excluding carboxylic acids is 2. The van der Waals surface area contributed by atoms with Crippen molar-refractivity contribution < 1.29 is 14.3 Å². The molecule has 18 heavy (non-hydrogen) atoms. The molecule has 0 spiro atoms. The zero-order valence-corrected chi connectivity index (χ0v) is 11.4. The molecule has 1 rings (SSSR count). The molecule has 0 aromatic carbocycles. The summed E-state index contributed by atoms with van der Waals surface area (Å²) in [4.78, 5) is 24.8. The van der Waals surface area contributed by atoms with Crippen molar-refractivity contribution in [2.75, 3.05) is 13.1 Å². The molecule has 1 N–H and O–H groups in total. The van der Waals surface area contributed by atoms with Gasteiger partial charge in [-0.2, -0.15) is 0 Å². The lowest BCUT2D eigenvalue weighted by molar-refractivity contribution is -0.126. The highest BCUT2D eigenvalue weighted by molar-refractivity contribution is 5.87. The Morgan fingerprint density at radius 2 is 2.17 bits per heavy atom. The van der Waals surface area contributed by atoms with Gasteiger partial charge in [0.1, 0.15) is 5.60 Å². The van der Waals surface area contributed by atoms with E-state index in [4.69, 9.17) is 4.74 Å². The summed E-state index contributed by atoms with van der Waals surface area (Å²) in [6.45, 7) is 10.1. The fraction of sp³-hybridized carbons (Fsp3) is 0.692. The summed E-state index contributed by atoms with van der Waals surface area (Å²) in [6, 6.07) is 0.0445. The van der Waals surface area contributed by atoms with E-state index in [1.165, 1.54) is 6.08 Å². The molecule has 0 saturated carbocycles. The third kappa shape index (κ3) is 4.39. The van der Waals surface area contributed by atoms with Gasteiger partial charge < -0.3 is 15.0 Å². The van der Waals surface area contributed by atoms with Crippen molar-refractivity contribution in [1.29, 1.82) is 0 Å². The minimum absolute atomic E-state index is 0.0445. The molecular formula is C13H22N2O3. The molecule has 0 aliphatic carbocycles. The van der Waals surface area contributed by atoms with Crippen molar-refractivity contribution >= 4 is 12.0 Å². The number of hydrogen-bond donors (Lipinski definition) is 1. The predicted octanol–water partition coefficient (Wildman–Crippen LogP) is 1.69. The lowest BCUT2D eigenvalue weighted by Gasteiger charge is -2.25. The Morgan fingerprint density at radius 1 is 1.50 bits per heavy atom. The number of ether oxygens (including phenoxy) is 1. The number of alkyl carbamates (subject to hydrolysis) is 1. The number of nitrogens with zero attached hydrogens (tertiary/aromatic N) is 1. The minimum Gasteiger partial charge on any atom is -0.444 e. The van der Waals surface area contributed by atoms with Gasteiger partial charge >= 0.3 is 6.09 Å². The maximum Gasteiger partial charge on any atom is 0.407 e. The molecule has 1 saturated heterocycles. The second-order valence-corrected chi connectivity index (χ2v) is 5.41. The summed E-state index contributed by atoms with van der Waals surface area (Å²) in [7, 11) is 0. The summed E-state index contributed by atoms with van der Waals surface area (Å²) in [5.41, 5.74) is -0.504. The van der Waals surface area contributed by atoms with Gasteiger partial charge in [-0.25, -0.2) is 4.79 Å². The summed E-state index contributed by atoms with van der Waals surface area (Å²) >= 11 is 0. The van der Waals surface area contributed by atoms with Gasteiger partial charge in [-0.05, 0) is 39.7 Å². The minimum atomic E-state index is -0.504. The fourth-order valence-corrected chi connectivity index (χ4v) is 1.97. The number of hydrogen-bond acceptors (Lipinski definition) is 3. The highest BCUT2D eigenvalue weighted by Crippen LogP contribution is 2.17. The van der Waals surface area contributed by atoms with Crippen LogP contribution in [0.15, 0.2) is 12.7 Å². The number of amides is 2. The molecule has 1 fully saturated rings. The lowest BCUT2D eigenvalue weighted by Crippen LogP contribution is -2.43. The van der Waals surface area contributed by atoms with Crippen LogP contribution < -0.4 is 5.32 Å². The predicted molar refractivity (Wildman–Crippen MR) is 69.2 cm³/mol. The van der Waals surface area contributed by atoms with Gasteiger partial charge in [-0.15, -0.1) is 0 Å². The highest BCUT2D eigenvalue weighted by Gasteiger charge is 2.28. The van der Waals surface area contributed by atoms with Crippen LogP contribution in [-0.2, 0) is 9.53 Å². The number of rotatable bonds is 3. The van der Waals surface area contributed by atoms with Crippen LogP contribution in [0.3, 0.4) is 0 Å². The van der Waals surface area contributed by atoms with E-state index >= 15 is 0 Å². The van der Waals surface area contributed by atoms with Crippen LogP contribution in [0.2, 0.25) is 0 Å². The Kier molecular flexibility index (Phi) is 4.76. The first-order chi connectivity index (χ1) is 8.33. The first-order valence-corrected chi connectivity index (χ1v) is 6.23. The molecule has 0 bridgehead atoms. The van der Waals surface area contributed by atoms with Gasteiger partial charge in [0.2, 0.25) is 5.91 Å². The van der Waals surface area contributed by atoms with Crippen LogP contribution in [0.4, 0.5) is 4.79 Å². The molecule has 2 amide bonds. The molecule has 1 aliphatic rings. The molecule has 1 heterocycles. The van der Waals surface area contributed by atoms with Crippen LogP contribution in [0.1, 0.15) is 33.6 Å². The molecule has 0 aromatic heterocycles. The smallest absolute Gasteiger partial charge is 0.407 e. The summed E-state index contributed by atoms with van der Waals surface area (Å²) in [5, 5.41) is 2.70. The Bertz CT molecular complexity index is 334. The Hall–Kier alpha value is -1.52. The maximum atomic E-state index is 11.6. The van der Waals surface area contributed by atoms with Gasteiger partial charge in [0.05, 0.1) is 0 Å². The summed E-state index contributed by atoms with van der Waals surface area (Å²) in [6.07, 6.45) is 2.72. The lowest BCUT2D eigenvalue weighted by atomic mass is 10.2. The highest BCUT2D eigenvalue weighted by atomic mass is 16.6. The van der Waals surface area contributed by atoms with E-state index in [0.717, 1.165) is 19.4 Å². The number of likely N-dealkylation sites (tertiary alicyclic amines) is 1. The van der Waals surface area contributed by atoms with Crippen LogP contribution in [0.5, 0.6) is 0 Å². The van der Waals surface area contributed by atoms with Gasteiger partial charge in [-0.1, -0.05) is 6.58 Å². The topological polar surface area (TPSA) is 58.6 Å². The molecule has 1 aliphatic heterocycles. The standard InChI is InChI=1S/C13H22N2O3/c1-5-11(16)15-8-6-7-10(15)9-14-12(17)18-13(2,3)4/h5,10H,1,6-9H2,2-4H3,(H,14,17)/t10-/m0/s1. The molecule has 102 valence electrons. The quantitative estimate of drug-likeness (QED) is 0.780. The maximum absolute atomic E-state index is 11.6. The largest absolute Gasteiger partial charge is 0.444 e. The second-order valence-electron chi connectivity index (χ2n) is 5.41. The zero-order chi connectivity index (χ0) is 13.8. The Balaban J connectivity index is 2.41. The first-order valence-electron chi connectivity index (χ1n) is 6.23. The second kappa shape index (κ2) is 5.89. The van der Waals surface area contributed by atoms with E-state index in [9.17, 15) is 9.59 Å². The molecule has 0 unspecified atom stereocenters. The third-order valence-electron chi connectivity index (χ3n) is 2.72. The van der Waals surface area contributed by atoms with Crippen LogP contribution >= 0.6 is 0 Å². The van der Waals surface area contributed by atoms with Gasteiger partial charge in [0, 0.05) is 19.1 Å². The van der Waals surface area contributed by atoms with E-state index in [2.05, 4.69) is 11.9 Å². The van der Waals surface area contributed by atoms with Crippen molar-refractivity contribution in [3.8, 4) is 0 Å². The average molecular weight is 254 g/mol.